The van der Waals surface area contributed by atoms with Crippen molar-refractivity contribution < 1.29 is 24.6 Å². The second kappa shape index (κ2) is 6.30. The molecule has 2 aliphatic rings. The first-order chi connectivity index (χ1) is 9.88. The SMILES string of the molecule is NC(=O)CC1CCN(C(=O)N2C[C@H](O)C[C@H]2C(=O)O)CC1. The summed E-state index contributed by atoms with van der Waals surface area (Å²) in [5.74, 6) is -1.25. The van der Waals surface area contributed by atoms with E-state index in [4.69, 9.17) is 10.8 Å². The summed E-state index contributed by atoms with van der Waals surface area (Å²) in [6.07, 6.45) is 0.968. The number of amides is 3. The average Bonchev–Trinajstić information content (AvgIpc) is 2.80. The summed E-state index contributed by atoms with van der Waals surface area (Å²) in [6, 6.07) is -1.31. The van der Waals surface area contributed by atoms with Gasteiger partial charge in [-0.2, -0.15) is 0 Å². The number of aliphatic hydroxyl groups excluding tert-OH is 1. The third-order valence-corrected chi connectivity index (χ3v) is 4.18. The maximum absolute atomic E-state index is 12.4. The summed E-state index contributed by atoms with van der Waals surface area (Å²) >= 11 is 0. The van der Waals surface area contributed by atoms with E-state index in [0.29, 0.717) is 32.4 Å². The maximum atomic E-state index is 12.4. The van der Waals surface area contributed by atoms with E-state index in [2.05, 4.69) is 0 Å². The Labute approximate surface area is 122 Å². The number of aliphatic hydroxyl groups is 1. The largest absolute Gasteiger partial charge is 0.480 e. The number of carboxylic acids is 1. The number of urea groups is 1. The number of aliphatic carboxylic acids is 1. The van der Waals surface area contributed by atoms with Crippen molar-refractivity contribution in [3.05, 3.63) is 0 Å². The van der Waals surface area contributed by atoms with E-state index in [1.165, 1.54) is 4.90 Å². The molecule has 8 nitrogen and oxygen atoms in total. The molecule has 118 valence electrons. The van der Waals surface area contributed by atoms with E-state index in [-0.39, 0.29) is 30.8 Å². The summed E-state index contributed by atoms with van der Waals surface area (Å²) in [5.41, 5.74) is 5.16. The van der Waals surface area contributed by atoms with Gasteiger partial charge in [-0.3, -0.25) is 4.79 Å². The molecule has 0 saturated carbocycles. The molecule has 2 heterocycles. The minimum absolute atomic E-state index is 0.0526. The van der Waals surface area contributed by atoms with Crippen LogP contribution >= 0.6 is 0 Å². The van der Waals surface area contributed by atoms with Gasteiger partial charge in [-0.25, -0.2) is 9.59 Å². The molecule has 0 aromatic rings. The number of rotatable bonds is 3. The highest BCUT2D eigenvalue weighted by molar-refractivity contribution is 5.83. The van der Waals surface area contributed by atoms with E-state index in [9.17, 15) is 19.5 Å². The number of carboxylic acid groups (broad SMARTS) is 1. The third kappa shape index (κ3) is 3.63. The molecule has 0 aromatic heterocycles. The molecule has 4 N–H and O–H groups in total. The van der Waals surface area contributed by atoms with Gasteiger partial charge in [-0.05, 0) is 18.8 Å². The number of likely N-dealkylation sites (tertiary alicyclic amines) is 2. The highest BCUT2D eigenvalue weighted by atomic mass is 16.4. The van der Waals surface area contributed by atoms with Crippen LogP contribution in [0.2, 0.25) is 0 Å². The van der Waals surface area contributed by atoms with Gasteiger partial charge in [0.2, 0.25) is 5.91 Å². The highest BCUT2D eigenvalue weighted by Crippen LogP contribution is 2.24. The molecule has 0 radical (unpaired) electrons. The Kier molecular flexibility index (Phi) is 4.66. The lowest BCUT2D eigenvalue weighted by molar-refractivity contribution is -0.141. The van der Waals surface area contributed by atoms with Gasteiger partial charge in [0.1, 0.15) is 6.04 Å². The Bertz CT molecular complexity index is 434. The van der Waals surface area contributed by atoms with E-state index in [1.807, 2.05) is 0 Å². The number of hydrogen-bond donors (Lipinski definition) is 3. The third-order valence-electron chi connectivity index (χ3n) is 4.18. The predicted molar refractivity (Wildman–Crippen MR) is 72.3 cm³/mol. The first-order valence-corrected chi connectivity index (χ1v) is 7.13. The molecule has 0 aromatic carbocycles. The van der Waals surface area contributed by atoms with Crippen molar-refractivity contribution in [3.63, 3.8) is 0 Å². The minimum atomic E-state index is -1.09. The summed E-state index contributed by atoms with van der Waals surface area (Å²) in [6.45, 7) is 1.02. The van der Waals surface area contributed by atoms with Crippen LogP contribution in [0.25, 0.3) is 0 Å². The summed E-state index contributed by atoms with van der Waals surface area (Å²) in [4.78, 5) is 37.2. The Hall–Kier alpha value is -1.83. The van der Waals surface area contributed by atoms with Crippen LogP contribution in [0.1, 0.15) is 25.7 Å². The van der Waals surface area contributed by atoms with Crippen molar-refractivity contribution in [1.29, 1.82) is 0 Å². The number of nitrogens with zero attached hydrogens (tertiary/aromatic N) is 2. The molecule has 2 saturated heterocycles. The molecule has 21 heavy (non-hydrogen) atoms. The fourth-order valence-electron chi connectivity index (χ4n) is 3.05. The lowest BCUT2D eigenvalue weighted by atomic mass is 9.93. The zero-order chi connectivity index (χ0) is 15.6. The topological polar surface area (TPSA) is 124 Å². The molecular formula is C13H21N3O5. The monoisotopic (exact) mass is 299 g/mol. The number of carbonyl (C=O) groups excluding carboxylic acids is 2. The Balaban J connectivity index is 1.92. The molecule has 2 fully saturated rings. The quantitative estimate of drug-likeness (QED) is 0.630. The Morgan fingerprint density at radius 1 is 1.19 bits per heavy atom. The van der Waals surface area contributed by atoms with Crippen LogP contribution in [-0.4, -0.2) is 69.7 Å². The lowest BCUT2D eigenvalue weighted by Gasteiger charge is -2.35. The molecule has 0 spiro atoms. The van der Waals surface area contributed by atoms with Crippen LogP contribution in [0.3, 0.4) is 0 Å². The van der Waals surface area contributed by atoms with Crippen molar-refractivity contribution in [2.45, 2.75) is 37.8 Å². The smallest absolute Gasteiger partial charge is 0.326 e. The van der Waals surface area contributed by atoms with E-state index >= 15 is 0 Å². The normalized spacial score (nSPS) is 26.9. The number of β-amino-alcohol motifs (C(OH)–C–C–N with tert-alkyl or cyclic N) is 1. The average molecular weight is 299 g/mol. The molecule has 2 rings (SSSR count). The number of hydrogen-bond acceptors (Lipinski definition) is 4. The van der Waals surface area contributed by atoms with Gasteiger partial charge in [0.25, 0.3) is 0 Å². The van der Waals surface area contributed by atoms with E-state index < -0.39 is 18.1 Å². The minimum Gasteiger partial charge on any atom is -0.480 e. The molecule has 0 unspecified atom stereocenters. The maximum Gasteiger partial charge on any atom is 0.326 e. The van der Waals surface area contributed by atoms with Gasteiger partial charge >= 0.3 is 12.0 Å². The van der Waals surface area contributed by atoms with Gasteiger partial charge in [0.05, 0.1) is 6.10 Å². The van der Waals surface area contributed by atoms with Gasteiger partial charge in [0, 0.05) is 32.5 Å². The second-order valence-corrected chi connectivity index (χ2v) is 5.78. The molecular weight excluding hydrogens is 278 g/mol. The zero-order valence-electron chi connectivity index (χ0n) is 11.8. The van der Waals surface area contributed by atoms with Crippen molar-refractivity contribution in [3.8, 4) is 0 Å². The van der Waals surface area contributed by atoms with Crippen molar-refractivity contribution >= 4 is 17.9 Å². The number of carbonyl (C=O) groups is 3. The summed E-state index contributed by atoms with van der Waals surface area (Å²) in [7, 11) is 0. The lowest BCUT2D eigenvalue weighted by Crippen LogP contribution is -2.50. The molecule has 2 atom stereocenters. The Morgan fingerprint density at radius 3 is 2.33 bits per heavy atom. The van der Waals surface area contributed by atoms with Crippen molar-refractivity contribution in [2.24, 2.45) is 11.7 Å². The Morgan fingerprint density at radius 2 is 1.81 bits per heavy atom. The van der Waals surface area contributed by atoms with Crippen LogP contribution in [0.15, 0.2) is 0 Å². The molecule has 8 heteroatoms. The summed E-state index contributed by atoms with van der Waals surface area (Å²) in [5, 5.41) is 18.7. The molecule has 0 bridgehead atoms. The van der Waals surface area contributed by atoms with Gasteiger partial charge in [-0.1, -0.05) is 0 Å². The van der Waals surface area contributed by atoms with Crippen LogP contribution in [0.4, 0.5) is 4.79 Å². The number of primary amides is 1. The van der Waals surface area contributed by atoms with Crippen LogP contribution in [0.5, 0.6) is 0 Å². The van der Waals surface area contributed by atoms with Crippen LogP contribution < -0.4 is 5.73 Å². The van der Waals surface area contributed by atoms with E-state index in [1.54, 1.807) is 4.90 Å². The van der Waals surface area contributed by atoms with Gasteiger partial charge < -0.3 is 25.7 Å². The standard InChI is InChI=1S/C13H21N3O5/c14-11(18)5-8-1-3-15(4-2-8)13(21)16-7-9(17)6-10(16)12(19)20/h8-10,17H,1-7H2,(H2,14,18)(H,19,20)/t9-,10+/m1/s1. The van der Waals surface area contributed by atoms with Crippen LogP contribution in [-0.2, 0) is 9.59 Å². The summed E-state index contributed by atoms with van der Waals surface area (Å²) < 4.78 is 0. The van der Waals surface area contributed by atoms with E-state index in [0.717, 1.165) is 0 Å². The van der Waals surface area contributed by atoms with Gasteiger partial charge in [0.15, 0.2) is 0 Å². The van der Waals surface area contributed by atoms with Crippen molar-refractivity contribution in [2.75, 3.05) is 19.6 Å². The number of nitrogens with two attached hydrogens (primary N) is 1. The molecule has 3 amide bonds. The van der Waals surface area contributed by atoms with Gasteiger partial charge in [-0.15, -0.1) is 0 Å². The zero-order valence-corrected chi connectivity index (χ0v) is 11.8. The molecule has 2 aliphatic heterocycles. The fraction of sp³-hybridized carbons (Fsp3) is 0.769. The first-order valence-electron chi connectivity index (χ1n) is 7.13. The van der Waals surface area contributed by atoms with Crippen molar-refractivity contribution in [1.82, 2.24) is 9.80 Å². The highest BCUT2D eigenvalue weighted by Gasteiger charge is 2.41. The fourth-order valence-corrected chi connectivity index (χ4v) is 3.05. The molecule has 0 aliphatic carbocycles. The first kappa shape index (κ1) is 15.6. The predicted octanol–water partition coefficient (Wildman–Crippen LogP) is -0.786. The van der Waals surface area contributed by atoms with Crippen LogP contribution in [0, 0.1) is 5.92 Å². The number of piperidine rings is 1. The second-order valence-electron chi connectivity index (χ2n) is 5.78.